The van der Waals surface area contributed by atoms with Gasteiger partial charge in [-0.3, -0.25) is 4.68 Å². The molecule has 0 aliphatic rings. The van der Waals surface area contributed by atoms with Crippen molar-refractivity contribution in [2.24, 2.45) is 18.7 Å². The van der Waals surface area contributed by atoms with Gasteiger partial charge in [-0.1, -0.05) is 13.8 Å². The fourth-order valence-electron chi connectivity index (χ4n) is 2.08. The molecule has 0 aromatic carbocycles. The van der Waals surface area contributed by atoms with Crippen molar-refractivity contribution in [1.29, 1.82) is 0 Å². The first-order valence-electron chi connectivity index (χ1n) is 6.21. The van der Waals surface area contributed by atoms with Gasteiger partial charge in [-0.25, -0.2) is 9.97 Å². The number of hydrogen-bond acceptors (Lipinski definition) is 5. The van der Waals surface area contributed by atoms with E-state index >= 15 is 0 Å². The molecule has 0 aliphatic carbocycles. The fourth-order valence-corrected chi connectivity index (χ4v) is 2.08. The number of aromatic nitrogens is 4. The Balaban J connectivity index is 2.43. The summed E-state index contributed by atoms with van der Waals surface area (Å²) in [7, 11) is 1.88. The molecule has 0 radical (unpaired) electrons. The molecule has 0 spiro atoms. The SMILES string of the molecule is CC(C)CN(CCN)c1ncnc2c1cnn2C. The molecule has 6 nitrogen and oxygen atoms in total. The number of rotatable bonds is 5. The van der Waals surface area contributed by atoms with E-state index < -0.39 is 0 Å². The van der Waals surface area contributed by atoms with Crippen LogP contribution >= 0.6 is 0 Å². The third-order valence-corrected chi connectivity index (χ3v) is 2.79. The smallest absolute Gasteiger partial charge is 0.163 e. The molecule has 0 saturated heterocycles. The molecular weight excluding hydrogens is 228 g/mol. The Morgan fingerprint density at radius 2 is 2.17 bits per heavy atom. The van der Waals surface area contributed by atoms with Crippen LogP contribution in [-0.4, -0.2) is 39.4 Å². The minimum Gasteiger partial charge on any atom is -0.354 e. The van der Waals surface area contributed by atoms with E-state index in [4.69, 9.17) is 5.73 Å². The topological polar surface area (TPSA) is 72.9 Å². The van der Waals surface area contributed by atoms with Crippen molar-refractivity contribution in [2.75, 3.05) is 24.5 Å². The predicted octanol–water partition coefficient (Wildman–Crippen LogP) is 0.784. The molecule has 0 aliphatic heterocycles. The van der Waals surface area contributed by atoms with Crippen molar-refractivity contribution in [3.63, 3.8) is 0 Å². The van der Waals surface area contributed by atoms with Crippen molar-refractivity contribution in [1.82, 2.24) is 19.7 Å². The van der Waals surface area contributed by atoms with E-state index in [0.717, 1.165) is 29.9 Å². The second-order valence-corrected chi connectivity index (χ2v) is 4.83. The first-order valence-corrected chi connectivity index (χ1v) is 6.21. The van der Waals surface area contributed by atoms with E-state index in [2.05, 4.69) is 33.8 Å². The molecule has 2 aromatic rings. The molecule has 0 fully saturated rings. The van der Waals surface area contributed by atoms with E-state index in [1.165, 1.54) is 0 Å². The minimum atomic E-state index is 0.554. The lowest BCUT2D eigenvalue weighted by Crippen LogP contribution is -2.33. The van der Waals surface area contributed by atoms with Gasteiger partial charge in [-0.15, -0.1) is 0 Å². The Morgan fingerprint density at radius 3 is 2.83 bits per heavy atom. The zero-order valence-corrected chi connectivity index (χ0v) is 11.2. The molecule has 2 rings (SSSR count). The summed E-state index contributed by atoms with van der Waals surface area (Å²) in [5.74, 6) is 1.48. The van der Waals surface area contributed by atoms with Crippen LogP contribution in [0.15, 0.2) is 12.5 Å². The zero-order chi connectivity index (χ0) is 13.1. The number of aryl methyl sites for hydroxylation is 1. The summed E-state index contributed by atoms with van der Waals surface area (Å²) in [6, 6.07) is 0. The van der Waals surface area contributed by atoms with Crippen LogP contribution in [0.2, 0.25) is 0 Å². The lowest BCUT2D eigenvalue weighted by Gasteiger charge is -2.25. The van der Waals surface area contributed by atoms with E-state index in [1.54, 1.807) is 11.0 Å². The first kappa shape index (κ1) is 12.8. The van der Waals surface area contributed by atoms with Crippen LogP contribution in [0.25, 0.3) is 11.0 Å². The Hall–Kier alpha value is -1.69. The molecule has 18 heavy (non-hydrogen) atoms. The summed E-state index contributed by atoms with van der Waals surface area (Å²) in [5.41, 5.74) is 6.54. The summed E-state index contributed by atoms with van der Waals surface area (Å²) in [6.45, 7) is 6.70. The summed E-state index contributed by atoms with van der Waals surface area (Å²) >= 11 is 0. The Kier molecular flexibility index (Phi) is 3.76. The second kappa shape index (κ2) is 5.30. The standard InChI is InChI=1S/C12H20N6/c1-9(2)7-18(5-4-13)12-10-6-16-17(3)11(10)14-8-15-12/h6,8-9H,4-5,7,13H2,1-3H3. The van der Waals surface area contributed by atoms with Gasteiger partial charge in [0.05, 0.1) is 11.6 Å². The largest absolute Gasteiger partial charge is 0.354 e. The molecule has 0 amide bonds. The Bertz CT molecular complexity index is 518. The molecule has 0 atom stereocenters. The highest BCUT2D eigenvalue weighted by Gasteiger charge is 2.15. The third-order valence-electron chi connectivity index (χ3n) is 2.79. The van der Waals surface area contributed by atoms with Crippen LogP contribution in [0, 0.1) is 5.92 Å². The number of nitrogens with two attached hydrogens (primary N) is 1. The highest BCUT2D eigenvalue weighted by atomic mass is 15.3. The van der Waals surface area contributed by atoms with E-state index in [9.17, 15) is 0 Å². The van der Waals surface area contributed by atoms with Crippen LogP contribution in [0.4, 0.5) is 5.82 Å². The summed E-state index contributed by atoms with van der Waals surface area (Å²) < 4.78 is 1.76. The van der Waals surface area contributed by atoms with Gasteiger partial charge in [0, 0.05) is 26.7 Å². The predicted molar refractivity (Wildman–Crippen MR) is 72.4 cm³/mol. The number of nitrogens with zero attached hydrogens (tertiary/aromatic N) is 5. The second-order valence-electron chi connectivity index (χ2n) is 4.83. The van der Waals surface area contributed by atoms with Gasteiger partial charge in [-0.2, -0.15) is 5.10 Å². The normalized spacial score (nSPS) is 11.4. The molecule has 2 N–H and O–H groups in total. The van der Waals surface area contributed by atoms with Crippen molar-refractivity contribution in [3.8, 4) is 0 Å². The lowest BCUT2D eigenvalue weighted by molar-refractivity contribution is 0.608. The van der Waals surface area contributed by atoms with Crippen molar-refractivity contribution >= 4 is 16.9 Å². The highest BCUT2D eigenvalue weighted by molar-refractivity contribution is 5.86. The summed E-state index contributed by atoms with van der Waals surface area (Å²) in [6.07, 6.45) is 3.40. The first-order chi connectivity index (χ1) is 8.63. The van der Waals surface area contributed by atoms with Gasteiger partial charge in [-0.05, 0) is 5.92 Å². The van der Waals surface area contributed by atoms with Crippen LogP contribution in [-0.2, 0) is 7.05 Å². The molecule has 6 heteroatoms. The highest BCUT2D eigenvalue weighted by Crippen LogP contribution is 2.22. The number of fused-ring (bicyclic) bond motifs is 1. The molecular formula is C12H20N6. The van der Waals surface area contributed by atoms with Crippen molar-refractivity contribution in [3.05, 3.63) is 12.5 Å². The maximum atomic E-state index is 5.69. The van der Waals surface area contributed by atoms with Crippen molar-refractivity contribution in [2.45, 2.75) is 13.8 Å². The van der Waals surface area contributed by atoms with Crippen LogP contribution in [0.5, 0.6) is 0 Å². The van der Waals surface area contributed by atoms with E-state index in [-0.39, 0.29) is 0 Å². The van der Waals surface area contributed by atoms with Gasteiger partial charge in [0.1, 0.15) is 12.1 Å². The van der Waals surface area contributed by atoms with E-state index in [1.807, 2.05) is 13.2 Å². The quantitative estimate of drug-likeness (QED) is 0.846. The molecule has 2 heterocycles. The van der Waals surface area contributed by atoms with Gasteiger partial charge in [0.15, 0.2) is 5.65 Å². The summed E-state index contributed by atoms with van der Waals surface area (Å²) in [5, 5.41) is 5.21. The van der Waals surface area contributed by atoms with Gasteiger partial charge < -0.3 is 10.6 Å². The third kappa shape index (κ3) is 2.43. The summed E-state index contributed by atoms with van der Waals surface area (Å²) in [4.78, 5) is 10.9. The zero-order valence-electron chi connectivity index (χ0n) is 11.2. The van der Waals surface area contributed by atoms with Crippen LogP contribution in [0.3, 0.4) is 0 Å². The average molecular weight is 248 g/mol. The average Bonchev–Trinajstić information content (AvgIpc) is 2.70. The molecule has 2 aromatic heterocycles. The maximum absolute atomic E-state index is 5.69. The van der Waals surface area contributed by atoms with Gasteiger partial charge in [0.25, 0.3) is 0 Å². The molecule has 0 unspecified atom stereocenters. The molecule has 0 saturated carbocycles. The lowest BCUT2D eigenvalue weighted by atomic mass is 10.2. The Morgan fingerprint density at radius 1 is 1.39 bits per heavy atom. The Labute approximate surface area is 107 Å². The molecule has 0 bridgehead atoms. The minimum absolute atomic E-state index is 0.554. The van der Waals surface area contributed by atoms with Crippen molar-refractivity contribution < 1.29 is 0 Å². The van der Waals surface area contributed by atoms with Crippen LogP contribution in [0.1, 0.15) is 13.8 Å². The molecule has 98 valence electrons. The number of hydrogen-bond donors (Lipinski definition) is 1. The fraction of sp³-hybridized carbons (Fsp3) is 0.583. The van der Waals surface area contributed by atoms with Gasteiger partial charge in [0.2, 0.25) is 0 Å². The monoisotopic (exact) mass is 248 g/mol. The van der Waals surface area contributed by atoms with Gasteiger partial charge >= 0.3 is 0 Å². The number of anilines is 1. The van der Waals surface area contributed by atoms with E-state index in [0.29, 0.717) is 12.5 Å². The van der Waals surface area contributed by atoms with Crippen LogP contribution < -0.4 is 10.6 Å². The maximum Gasteiger partial charge on any atom is 0.163 e.